The first-order valence-electron chi connectivity index (χ1n) is 7.25. The number of hydrogen-bond donors (Lipinski definition) is 4. The minimum absolute atomic E-state index is 0.126. The summed E-state index contributed by atoms with van der Waals surface area (Å²) in [7, 11) is 1.67. The van der Waals surface area contributed by atoms with Gasteiger partial charge in [0.1, 0.15) is 6.04 Å². The molecule has 0 aromatic heterocycles. The molecule has 0 aromatic carbocycles. The molecule has 1 aliphatic heterocycles. The van der Waals surface area contributed by atoms with E-state index in [1.54, 1.807) is 13.2 Å². The van der Waals surface area contributed by atoms with Crippen molar-refractivity contribution in [2.24, 2.45) is 5.92 Å². The van der Waals surface area contributed by atoms with Crippen molar-refractivity contribution in [2.45, 2.75) is 56.5 Å². The summed E-state index contributed by atoms with van der Waals surface area (Å²) in [5.74, 6) is 0.210. The van der Waals surface area contributed by atoms with Crippen LogP contribution in [0.15, 0.2) is 12.2 Å². The zero-order valence-corrected chi connectivity index (χ0v) is 12.0. The standard InChI is InChI=1S/C13H23N3O5/c1-21-10-5-3-2-4-8(10)6-7-9-11(16(19)20)12(17)15-13(18)14-9/h6-15,17-18H,2-5H2,1H3/b7-6+. The van der Waals surface area contributed by atoms with Gasteiger partial charge in [-0.2, -0.15) is 0 Å². The number of nitrogens with zero attached hydrogens (tertiary/aromatic N) is 1. The first-order valence-corrected chi connectivity index (χ1v) is 7.25. The Bertz CT molecular complexity index is 392. The monoisotopic (exact) mass is 301 g/mol. The summed E-state index contributed by atoms with van der Waals surface area (Å²) in [5.41, 5.74) is 0. The van der Waals surface area contributed by atoms with E-state index in [4.69, 9.17) is 4.74 Å². The average molecular weight is 301 g/mol. The van der Waals surface area contributed by atoms with Crippen LogP contribution in [0.5, 0.6) is 0 Å². The topological polar surface area (TPSA) is 117 Å². The molecule has 0 radical (unpaired) electrons. The third-order valence-corrected chi connectivity index (χ3v) is 4.24. The number of rotatable bonds is 4. The Morgan fingerprint density at radius 2 is 1.95 bits per heavy atom. The molecular formula is C13H23N3O5. The zero-order chi connectivity index (χ0) is 15.4. The highest BCUT2D eigenvalue weighted by Gasteiger charge is 2.43. The number of aliphatic hydroxyl groups excluding tert-OH is 2. The quantitative estimate of drug-likeness (QED) is 0.315. The maximum atomic E-state index is 11.1. The van der Waals surface area contributed by atoms with E-state index >= 15 is 0 Å². The lowest BCUT2D eigenvalue weighted by atomic mass is 9.85. The van der Waals surface area contributed by atoms with E-state index in [1.807, 2.05) is 6.08 Å². The van der Waals surface area contributed by atoms with E-state index in [0.717, 1.165) is 25.7 Å². The molecule has 1 saturated carbocycles. The molecule has 8 heteroatoms. The minimum Gasteiger partial charge on any atom is -0.381 e. The van der Waals surface area contributed by atoms with Crippen LogP contribution in [-0.4, -0.2) is 53.0 Å². The molecule has 1 heterocycles. The van der Waals surface area contributed by atoms with Gasteiger partial charge in [0, 0.05) is 18.0 Å². The lowest BCUT2D eigenvalue weighted by Crippen LogP contribution is -2.67. The highest BCUT2D eigenvalue weighted by atomic mass is 16.6. The Balaban J connectivity index is 2.06. The van der Waals surface area contributed by atoms with Crippen LogP contribution in [-0.2, 0) is 4.74 Å². The van der Waals surface area contributed by atoms with Crippen molar-refractivity contribution in [1.29, 1.82) is 0 Å². The number of aliphatic hydroxyl groups is 2. The molecule has 6 unspecified atom stereocenters. The Hall–Kier alpha value is -1.06. The normalized spacial score (nSPS) is 41.3. The van der Waals surface area contributed by atoms with Crippen molar-refractivity contribution in [2.75, 3.05) is 7.11 Å². The largest absolute Gasteiger partial charge is 0.381 e. The van der Waals surface area contributed by atoms with Gasteiger partial charge in [-0.05, 0) is 12.8 Å². The van der Waals surface area contributed by atoms with E-state index < -0.39 is 29.6 Å². The van der Waals surface area contributed by atoms with Crippen molar-refractivity contribution < 1.29 is 19.9 Å². The Kier molecular flexibility index (Phi) is 5.65. The SMILES string of the molecule is COC1CCCCC1/C=C/C1NC(O)NC(O)C1[N+](=O)[O-]. The van der Waals surface area contributed by atoms with Crippen molar-refractivity contribution in [1.82, 2.24) is 10.6 Å². The molecule has 2 rings (SSSR count). The van der Waals surface area contributed by atoms with Crippen LogP contribution in [0.2, 0.25) is 0 Å². The highest BCUT2D eigenvalue weighted by Crippen LogP contribution is 2.28. The molecule has 0 spiro atoms. The third kappa shape index (κ3) is 3.98. The van der Waals surface area contributed by atoms with E-state index in [2.05, 4.69) is 10.6 Å². The van der Waals surface area contributed by atoms with Gasteiger partial charge in [-0.3, -0.25) is 15.4 Å². The Morgan fingerprint density at radius 1 is 1.24 bits per heavy atom. The van der Waals surface area contributed by atoms with E-state index in [9.17, 15) is 20.3 Å². The molecule has 8 nitrogen and oxygen atoms in total. The van der Waals surface area contributed by atoms with Gasteiger partial charge >= 0.3 is 0 Å². The Labute approximate surface area is 123 Å². The predicted octanol–water partition coefficient (Wildman–Crippen LogP) is -0.451. The first-order chi connectivity index (χ1) is 10.0. The minimum atomic E-state index is -1.39. The van der Waals surface area contributed by atoms with Crippen LogP contribution in [0, 0.1) is 16.0 Å². The summed E-state index contributed by atoms with van der Waals surface area (Å²) >= 11 is 0. The van der Waals surface area contributed by atoms with Crippen LogP contribution < -0.4 is 10.6 Å². The summed E-state index contributed by atoms with van der Waals surface area (Å²) in [6, 6.07) is -1.97. The number of nitro groups is 1. The number of ether oxygens (including phenoxy) is 1. The van der Waals surface area contributed by atoms with Gasteiger partial charge in [0.2, 0.25) is 0 Å². The molecule has 2 fully saturated rings. The molecule has 0 amide bonds. The van der Waals surface area contributed by atoms with Crippen LogP contribution in [0.25, 0.3) is 0 Å². The molecular weight excluding hydrogens is 278 g/mol. The van der Waals surface area contributed by atoms with Gasteiger partial charge in [-0.25, -0.2) is 5.32 Å². The van der Waals surface area contributed by atoms with E-state index in [0.29, 0.717) is 0 Å². The predicted molar refractivity (Wildman–Crippen MR) is 74.8 cm³/mol. The fourth-order valence-electron chi connectivity index (χ4n) is 3.10. The smallest absolute Gasteiger partial charge is 0.270 e. The second-order valence-electron chi connectivity index (χ2n) is 5.59. The lowest BCUT2D eigenvalue weighted by Gasteiger charge is -2.34. The van der Waals surface area contributed by atoms with Gasteiger partial charge in [0.05, 0.1) is 6.10 Å². The first kappa shape index (κ1) is 16.3. The van der Waals surface area contributed by atoms with Crippen LogP contribution in [0.4, 0.5) is 0 Å². The van der Waals surface area contributed by atoms with Gasteiger partial charge in [-0.15, -0.1) is 0 Å². The van der Waals surface area contributed by atoms with Gasteiger partial charge in [-0.1, -0.05) is 25.0 Å². The van der Waals surface area contributed by atoms with Gasteiger partial charge in [0.15, 0.2) is 12.6 Å². The maximum Gasteiger partial charge on any atom is 0.270 e. The van der Waals surface area contributed by atoms with Gasteiger partial charge < -0.3 is 14.9 Å². The zero-order valence-electron chi connectivity index (χ0n) is 12.0. The molecule has 2 aliphatic rings. The fourth-order valence-corrected chi connectivity index (χ4v) is 3.10. The molecule has 21 heavy (non-hydrogen) atoms. The van der Waals surface area contributed by atoms with Crippen LogP contribution in [0.1, 0.15) is 25.7 Å². The third-order valence-electron chi connectivity index (χ3n) is 4.24. The molecule has 0 aromatic rings. The number of nitrogens with one attached hydrogen (secondary N) is 2. The van der Waals surface area contributed by atoms with Crippen molar-refractivity contribution in [3.63, 3.8) is 0 Å². The molecule has 6 atom stereocenters. The second kappa shape index (κ2) is 7.28. The van der Waals surface area contributed by atoms with Crippen molar-refractivity contribution in [3.05, 3.63) is 22.3 Å². The summed E-state index contributed by atoms with van der Waals surface area (Å²) in [5, 5.41) is 35.3. The van der Waals surface area contributed by atoms with E-state index in [-0.39, 0.29) is 12.0 Å². The van der Waals surface area contributed by atoms with Crippen molar-refractivity contribution in [3.8, 4) is 0 Å². The Morgan fingerprint density at radius 3 is 2.62 bits per heavy atom. The second-order valence-corrected chi connectivity index (χ2v) is 5.59. The summed E-state index contributed by atoms with van der Waals surface area (Å²) in [4.78, 5) is 10.5. The molecule has 4 N–H and O–H groups in total. The average Bonchev–Trinajstić information content (AvgIpc) is 2.44. The maximum absolute atomic E-state index is 11.1. The molecule has 0 bridgehead atoms. The summed E-state index contributed by atoms with van der Waals surface area (Å²) < 4.78 is 5.44. The highest BCUT2D eigenvalue weighted by molar-refractivity contribution is 5.05. The number of methoxy groups -OCH3 is 1. The van der Waals surface area contributed by atoms with Gasteiger partial charge in [0.25, 0.3) is 6.04 Å². The summed E-state index contributed by atoms with van der Waals surface area (Å²) in [6.45, 7) is 0. The molecule has 1 saturated heterocycles. The molecule has 120 valence electrons. The van der Waals surface area contributed by atoms with Crippen LogP contribution in [0.3, 0.4) is 0 Å². The van der Waals surface area contributed by atoms with Crippen molar-refractivity contribution >= 4 is 0 Å². The summed E-state index contributed by atoms with van der Waals surface area (Å²) in [6.07, 6.45) is 5.34. The number of hydrogen-bond acceptors (Lipinski definition) is 7. The fraction of sp³-hybridized carbons (Fsp3) is 0.846. The molecule has 1 aliphatic carbocycles. The lowest BCUT2D eigenvalue weighted by molar-refractivity contribution is -0.543. The van der Waals surface area contributed by atoms with Crippen LogP contribution >= 0.6 is 0 Å². The van der Waals surface area contributed by atoms with E-state index in [1.165, 1.54) is 0 Å².